The van der Waals surface area contributed by atoms with Crippen molar-refractivity contribution >= 4 is 5.91 Å². The third-order valence-electron chi connectivity index (χ3n) is 3.41. The van der Waals surface area contributed by atoms with E-state index in [-0.39, 0.29) is 17.7 Å². The van der Waals surface area contributed by atoms with Crippen LogP contribution in [0.25, 0.3) is 0 Å². The van der Waals surface area contributed by atoms with E-state index in [0.29, 0.717) is 18.7 Å². The Morgan fingerprint density at radius 3 is 2.62 bits per heavy atom. The fourth-order valence-electron chi connectivity index (χ4n) is 2.52. The van der Waals surface area contributed by atoms with E-state index in [1.165, 1.54) is 12.1 Å². The lowest BCUT2D eigenvalue weighted by Crippen LogP contribution is -2.40. The number of rotatable bonds is 4. The van der Waals surface area contributed by atoms with Gasteiger partial charge in [-0.2, -0.15) is 0 Å². The minimum absolute atomic E-state index is 0.133. The molecular weight excluding hydrogens is 285 g/mol. The molecule has 0 bridgehead atoms. The second-order valence-corrected chi connectivity index (χ2v) is 4.92. The Kier molecular flexibility index (Phi) is 4.72. The zero-order valence-corrected chi connectivity index (χ0v) is 11.6. The highest BCUT2D eigenvalue weighted by molar-refractivity contribution is 5.94. The summed E-state index contributed by atoms with van der Waals surface area (Å²) in [7, 11) is 1.82. The molecule has 1 N–H and O–H groups in total. The summed E-state index contributed by atoms with van der Waals surface area (Å²) in [5, 5.41) is 3.04. The maximum Gasteiger partial charge on any atom is 0.573 e. The quantitative estimate of drug-likeness (QED) is 0.928. The topological polar surface area (TPSA) is 41.6 Å². The first-order valence-corrected chi connectivity index (χ1v) is 6.72. The SMILES string of the molecule is CNCC1CCCN1C(=O)c1ccc(OC(F)(F)F)cc1. The molecule has 1 fully saturated rings. The van der Waals surface area contributed by atoms with Gasteiger partial charge in [-0.15, -0.1) is 13.2 Å². The first-order valence-electron chi connectivity index (χ1n) is 6.72. The molecule has 1 atom stereocenters. The number of alkyl halides is 3. The number of hydrogen-bond donors (Lipinski definition) is 1. The van der Waals surface area contributed by atoms with E-state index in [4.69, 9.17) is 0 Å². The molecule has 1 saturated heterocycles. The third kappa shape index (κ3) is 4.10. The Balaban J connectivity index is 2.06. The van der Waals surface area contributed by atoms with E-state index < -0.39 is 6.36 Å². The zero-order valence-electron chi connectivity index (χ0n) is 11.6. The fraction of sp³-hybridized carbons (Fsp3) is 0.500. The normalized spacial score (nSPS) is 18.9. The first-order chi connectivity index (χ1) is 9.90. The molecule has 0 aromatic heterocycles. The molecule has 0 saturated carbocycles. The highest BCUT2D eigenvalue weighted by Crippen LogP contribution is 2.24. The molecule has 1 amide bonds. The molecule has 21 heavy (non-hydrogen) atoms. The molecule has 0 radical (unpaired) electrons. The number of benzene rings is 1. The summed E-state index contributed by atoms with van der Waals surface area (Å²) in [5.41, 5.74) is 0.368. The fourth-order valence-corrected chi connectivity index (χ4v) is 2.52. The Hall–Kier alpha value is -1.76. The minimum Gasteiger partial charge on any atom is -0.406 e. The molecule has 1 aliphatic heterocycles. The maximum absolute atomic E-state index is 12.4. The maximum atomic E-state index is 12.4. The van der Waals surface area contributed by atoms with Gasteiger partial charge in [0.05, 0.1) is 0 Å². The van der Waals surface area contributed by atoms with Crippen LogP contribution in [-0.4, -0.2) is 43.3 Å². The predicted molar refractivity (Wildman–Crippen MR) is 71.1 cm³/mol. The van der Waals surface area contributed by atoms with Gasteiger partial charge in [0.15, 0.2) is 0 Å². The van der Waals surface area contributed by atoms with E-state index >= 15 is 0 Å². The van der Waals surface area contributed by atoms with Gasteiger partial charge in [0.1, 0.15) is 5.75 Å². The molecule has 4 nitrogen and oxygen atoms in total. The Bertz CT molecular complexity index is 488. The van der Waals surface area contributed by atoms with Crippen molar-refractivity contribution in [2.75, 3.05) is 20.1 Å². The van der Waals surface area contributed by atoms with Crippen LogP contribution in [0.15, 0.2) is 24.3 Å². The van der Waals surface area contributed by atoms with Crippen molar-refractivity contribution in [1.82, 2.24) is 10.2 Å². The molecule has 1 aliphatic rings. The number of amides is 1. The van der Waals surface area contributed by atoms with Crippen LogP contribution in [0.4, 0.5) is 13.2 Å². The van der Waals surface area contributed by atoms with Crippen LogP contribution < -0.4 is 10.1 Å². The standard InChI is InChI=1S/C14H17F3N2O2/c1-18-9-11-3-2-8-19(11)13(20)10-4-6-12(7-5-10)21-14(15,16)17/h4-7,11,18H,2-3,8-9H2,1H3. The van der Waals surface area contributed by atoms with Crippen molar-refractivity contribution in [3.63, 3.8) is 0 Å². The minimum atomic E-state index is -4.72. The van der Waals surface area contributed by atoms with Gasteiger partial charge in [0, 0.05) is 24.7 Å². The van der Waals surface area contributed by atoms with Crippen LogP contribution in [0.2, 0.25) is 0 Å². The smallest absolute Gasteiger partial charge is 0.406 e. The molecule has 2 rings (SSSR count). The lowest BCUT2D eigenvalue weighted by molar-refractivity contribution is -0.274. The highest BCUT2D eigenvalue weighted by atomic mass is 19.4. The average molecular weight is 302 g/mol. The largest absolute Gasteiger partial charge is 0.573 e. The summed E-state index contributed by atoms with van der Waals surface area (Å²) < 4.78 is 40.0. The number of halogens is 3. The summed E-state index contributed by atoms with van der Waals surface area (Å²) in [5.74, 6) is -0.487. The molecule has 116 valence electrons. The van der Waals surface area contributed by atoms with E-state index in [2.05, 4.69) is 10.1 Å². The third-order valence-corrected chi connectivity index (χ3v) is 3.41. The summed E-state index contributed by atoms with van der Waals surface area (Å²) >= 11 is 0. The van der Waals surface area contributed by atoms with Gasteiger partial charge in [0.25, 0.3) is 5.91 Å². The summed E-state index contributed by atoms with van der Waals surface area (Å²) in [6.45, 7) is 1.38. The number of ether oxygens (including phenoxy) is 1. The van der Waals surface area contributed by atoms with Crippen molar-refractivity contribution < 1.29 is 22.7 Å². The Labute approximate surface area is 120 Å². The number of likely N-dealkylation sites (N-methyl/N-ethyl adjacent to an activating group) is 1. The van der Waals surface area contributed by atoms with Gasteiger partial charge in [-0.05, 0) is 44.2 Å². The monoisotopic (exact) mass is 302 g/mol. The van der Waals surface area contributed by atoms with Gasteiger partial charge < -0.3 is 15.0 Å². The van der Waals surface area contributed by atoms with Crippen LogP contribution in [0.5, 0.6) is 5.75 Å². The van der Waals surface area contributed by atoms with E-state index in [1.54, 1.807) is 4.90 Å². The number of hydrogen-bond acceptors (Lipinski definition) is 3. The number of carbonyl (C=O) groups is 1. The van der Waals surface area contributed by atoms with Crippen LogP contribution in [0.1, 0.15) is 23.2 Å². The van der Waals surface area contributed by atoms with Gasteiger partial charge in [-0.1, -0.05) is 0 Å². The van der Waals surface area contributed by atoms with Crippen molar-refractivity contribution in [3.05, 3.63) is 29.8 Å². The second kappa shape index (κ2) is 6.34. The zero-order chi connectivity index (χ0) is 15.5. The van der Waals surface area contributed by atoms with E-state index in [1.807, 2.05) is 7.05 Å². The molecule has 0 spiro atoms. The molecule has 1 heterocycles. The lowest BCUT2D eigenvalue weighted by atomic mass is 10.1. The highest BCUT2D eigenvalue weighted by Gasteiger charge is 2.32. The van der Waals surface area contributed by atoms with Gasteiger partial charge in [0.2, 0.25) is 0 Å². The molecule has 1 unspecified atom stereocenters. The molecule has 0 aliphatic carbocycles. The van der Waals surface area contributed by atoms with Crippen LogP contribution >= 0.6 is 0 Å². The number of likely N-dealkylation sites (tertiary alicyclic amines) is 1. The molecule has 1 aromatic carbocycles. The average Bonchev–Trinajstić information content (AvgIpc) is 2.86. The van der Waals surface area contributed by atoms with Gasteiger partial charge in [-0.25, -0.2) is 0 Å². The summed E-state index contributed by atoms with van der Waals surface area (Å²) in [6.07, 6.45) is -2.85. The molecule has 7 heteroatoms. The summed E-state index contributed by atoms with van der Waals surface area (Å²) in [6, 6.07) is 5.16. The first kappa shape index (κ1) is 15.6. The van der Waals surface area contributed by atoms with Crippen LogP contribution in [0.3, 0.4) is 0 Å². The number of carbonyl (C=O) groups excluding carboxylic acids is 1. The van der Waals surface area contributed by atoms with Crippen LogP contribution in [0, 0.1) is 0 Å². The number of nitrogens with one attached hydrogen (secondary N) is 1. The van der Waals surface area contributed by atoms with Crippen molar-refractivity contribution in [2.24, 2.45) is 0 Å². The summed E-state index contributed by atoms with van der Waals surface area (Å²) in [4.78, 5) is 14.1. The van der Waals surface area contributed by atoms with Gasteiger partial charge >= 0.3 is 6.36 Å². The van der Waals surface area contributed by atoms with Crippen LogP contribution in [-0.2, 0) is 0 Å². The van der Waals surface area contributed by atoms with Gasteiger partial charge in [-0.3, -0.25) is 4.79 Å². The Morgan fingerprint density at radius 2 is 2.05 bits per heavy atom. The molecular formula is C14H17F3N2O2. The Morgan fingerprint density at radius 1 is 1.38 bits per heavy atom. The lowest BCUT2D eigenvalue weighted by Gasteiger charge is -2.24. The second-order valence-electron chi connectivity index (χ2n) is 4.92. The molecule has 1 aromatic rings. The van der Waals surface area contributed by atoms with E-state index in [9.17, 15) is 18.0 Å². The predicted octanol–water partition coefficient (Wildman–Crippen LogP) is 2.41. The number of nitrogens with zero attached hydrogens (tertiary/aromatic N) is 1. The van der Waals surface area contributed by atoms with Crippen molar-refractivity contribution in [3.8, 4) is 5.75 Å². The van der Waals surface area contributed by atoms with E-state index in [0.717, 1.165) is 25.0 Å². The van der Waals surface area contributed by atoms with Crippen molar-refractivity contribution in [2.45, 2.75) is 25.2 Å². The van der Waals surface area contributed by atoms with Crippen molar-refractivity contribution in [1.29, 1.82) is 0 Å².